The Hall–Kier alpha value is -0.710. The van der Waals surface area contributed by atoms with E-state index in [9.17, 15) is 0 Å². The number of hydrogen-bond acceptors (Lipinski definition) is 4. The zero-order valence-electron chi connectivity index (χ0n) is 9.60. The largest absolute Gasteiger partial charge is 0.339 e. The Labute approximate surface area is 120 Å². The highest BCUT2D eigenvalue weighted by Crippen LogP contribution is 2.28. The van der Waals surface area contributed by atoms with Gasteiger partial charge in [0.2, 0.25) is 5.89 Å². The molecule has 96 valence electrons. The van der Waals surface area contributed by atoms with Gasteiger partial charge in [0.25, 0.3) is 0 Å². The van der Waals surface area contributed by atoms with Gasteiger partial charge >= 0.3 is 0 Å². The molecule has 0 amide bonds. The minimum absolute atomic E-state index is 0.603. The van der Waals surface area contributed by atoms with Crippen LogP contribution >= 0.6 is 35.0 Å². The minimum atomic E-state index is 0.603. The molecule has 0 spiro atoms. The molecule has 0 saturated carbocycles. The number of hydrogen-bond donors (Lipinski definition) is 0. The van der Waals surface area contributed by atoms with Crippen LogP contribution in [0.4, 0.5) is 0 Å². The molecule has 0 N–H and O–H groups in total. The number of halogens is 2. The Bertz CT molecular complexity index is 504. The van der Waals surface area contributed by atoms with Crippen molar-refractivity contribution >= 4 is 35.0 Å². The van der Waals surface area contributed by atoms with Gasteiger partial charge < -0.3 is 4.52 Å². The van der Waals surface area contributed by atoms with Crippen LogP contribution in [0.15, 0.2) is 33.7 Å². The molecule has 6 heteroatoms. The normalized spacial score (nSPS) is 10.8. The topological polar surface area (TPSA) is 38.9 Å². The smallest absolute Gasteiger partial charge is 0.226 e. The number of aromatic nitrogens is 2. The van der Waals surface area contributed by atoms with E-state index in [1.165, 1.54) is 0 Å². The lowest BCUT2D eigenvalue weighted by Gasteiger charge is -2.00. The van der Waals surface area contributed by atoms with Gasteiger partial charge in [-0.25, -0.2) is 0 Å². The summed E-state index contributed by atoms with van der Waals surface area (Å²) in [5.41, 5.74) is 0. The van der Waals surface area contributed by atoms with Crippen molar-refractivity contribution in [1.29, 1.82) is 0 Å². The fourth-order valence-electron chi connectivity index (χ4n) is 1.37. The Morgan fingerprint density at radius 1 is 1.28 bits per heavy atom. The first-order valence-corrected chi connectivity index (χ1v) is 7.44. The molecule has 0 radical (unpaired) electrons. The van der Waals surface area contributed by atoms with E-state index in [4.69, 9.17) is 27.7 Å². The second-order valence-corrected chi connectivity index (χ2v) is 5.42. The van der Waals surface area contributed by atoms with E-state index < -0.39 is 0 Å². The number of alkyl halides is 1. The molecule has 2 rings (SSSR count). The third-order valence-electron chi connectivity index (χ3n) is 2.23. The van der Waals surface area contributed by atoms with Crippen LogP contribution < -0.4 is 0 Å². The summed E-state index contributed by atoms with van der Waals surface area (Å²) >= 11 is 13.3. The van der Waals surface area contributed by atoms with Crippen molar-refractivity contribution in [2.45, 2.75) is 23.5 Å². The van der Waals surface area contributed by atoms with E-state index in [1.807, 2.05) is 24.3 Å². The van der Waals surface area contributed by atoms with Crippen molar-refractivity contribution < 1.29 is 4.52 Å². The van der Waals surface area contributed by atoms with E-state index in [1.54, 1.807) is 11.8 Å². The van der Waals surface area contributed by atoms with E-state index in [-0.39, 0.29) is 0 Å². The second kappa shape index (κ2) is 7.02. The maximum absolute atomic E-state index is 6.06. The maximum atomic E-state index is 6.06. The lowest BCUT2D eigenvalue weighted by atomic mass is 10.3. The number of rotatable bonds is 6. The van der Waals surface area contributed by atoms with Crippen LogP contribution in [0.3, 0.4) is 0 Å². The Morgan fingerprint density at radius 2 is 2.11 bits per heavy atom. The molecule has 1 aromatic heterocycles. The highest BCUT2D eigenvalue weighted by atomic mass is 35.5. The van der Waals surface area contributed by atoms with Crippen molar-refractivity contribution in [2.24, 2.45) is 0 Å². The molecule has 0 fully saturated rings. The molecule has 2 aromatic rings. The Morgan fingerprint density at radius 3 is 2.89 bits per heavy atom. The molecule has 18 heavy (non-hydrogen) atoms. The zero-order valence-corrected chi connectivity index (χ0v) is 11.9. The Kier molecular flexibility index (Phi) is 5.35. The maximum Gasteiger partial charge on any atom is 0.226 e. The van der Waals surface area contributed by atoms with Gasteiger partial charge in [-0.05, 0) is 18.6 Å². The van der Waals surface area contributed by atoms with Gasteiger partial charge in [0.1, 0.15) is 0 Å². The lowest BCUT2D eigenvalue weighted by Crippen LogP contribution is -1.88. The van der Waals surface area contributed by atoms with Crippen LogP contribution in [-0.4, -0.2) is 16.0 Å². The van der Waals surface area contributed by atoms with E-state index >= 15 is 0 Å². The van der Waals surface area contributed by atoms with Gasteiger partial charge in [-0.2, -0.15) is 4.98 Å². The highest BCUT2D eigenvalue weighted by molar-refractivity contribution is 7.98. The summed E-state index contributed by atoms with van der Waals surface area (Å²) in [7, 11) is 0. The van der Waals surface area contributed by atoms with Gasteiger partial charge in [-0.3, -0.25) is 0 Å². The molecule has 0 aliphatic carbocycles. The quantitative estimate of drug-likeness (QED) is 0.592. The molecular weight excluding hydrogens is 291 g/mol. The number of aryl methyl sites for hydroxylation is 1. The molecule has 0 aliphatic rings. The molecule has 1 aromatic carbocycles. The standard InChI is InChI=1S/C12H12Cl2N2OS/c13-7-3-6-12-15-11(16-17-12)8-18-10-5-2-1-4-9(10)14/h1-2,4-5H,3,6-8H2. The fraction of sp³-hybridized carbons (Fsp3) is 0.333. The number of thioether (sulfide) groups is 1. The SMILES string of the molecule is ClCCCc1nc(CSc2ccccc2Cl)no1. The van der Waals surface area contributed by atoms with Crippen molar-refractivity contribution in [3.63, 3.8) is 0 Å². The van der Waals surface area contributed by atoms with Crippen LogP contribution in [0, 0.1) is 0 Å². The summed E-state index contributed by atoms with van der Waals surface area (Å²) < 4.78 is 5.12. The minimum Gasteiger partial charge on any atom is -0.339 e. The molecule has 0 unspecified atom stereocenters. The Balaban J connectivity index is 1.90. The van der Waals surface area contributed by atoms with Gasteiger partial charge in [0.05, 0.1) is 10.8 Å². The van der Waals surface area contributed by atoms with Crippen molar-refractivity contribution in [3.8, 4) is 0 Å². The van der Waals surface area contributed by atoms with E-state index in [0.29, 0.717) is 23.3 Å². The van der Waals surface area contributed by atoms with Crippen LogP contribution in [0.25, 0.3) is 0 Å². The van der Waals surface area contributed by atoms with Gasteiger partial charge in [-0.1, -0.05) is 28.9 Å². The highest BCUT2D eigenvalue weighted by Gasteiger charge is 2.07. The summed E-state index contributed by atoms with van der Waals surface area (Å²) in [6.07, 6.45) is 1.58. The second-order valence-electron chi connectivity index (χ2n) is 3.62. The fourth-order valence-corrected chi connectivity index (χ4v) is 2.59. The summed E-state index contributed by atoms with van der Waals surface area (Å²) in [4.78, 5) is 5.31. The van der Waals surface area contributed by atoms with Crippen molar-refractivity contribution in [1.82, 2.24) is 10.1 Å². The summed E-state index contributed by atoms with van der Waals surface area (Å²) in [5.74, 6) is 2.58. The third-order valence-corrected chi connectivity index (χ3v) is 4.01. The van der Waals surface area contributed by atoms with Crippen LogP contribution in [0.1, 0.15) is 18.1 Å². The monoisotopic (exact) mass is 302 g/mol. The predicted octanol–water partition coefficient (Wildman–Crippen LogP) is 4.19. The van der Waals surface area contributed by atoms with Gasteiger partial charge in [0.15, 0.2) is 5.82 Å². The first-order valence-electron chi connectivity index (χ1n) is 5.54. The van der Waals surface area contributed by atoms with Crippen molar-refractivity contribution in [3.05, 3.63) is 41.0 Å². The molecular formula is C12H12Cl2N2OS. The molecule has 0 saturated heterocycles. The summed E-state index contributed by atoms with van der Waals surface area (Å²) in [5, 5.41) is 4.66. The summed E-state index contributed by atoms with van der Waals surface area (Å²) in [6.45, 7) is 0. The number of benzene rings is 1. The average molecular weight is 303 g/mol. The average Bonchev–Trinajstić information content (AvgIpc) is 2.83. The molecule has 1 heterocycles. The molecule has 0 bridgehead atoms. The molecule has 3 nitrogen and oxygen atoms in total. The molecule has 0 atom stereocenters. The van der Waals surface area contributed by atoms with Crippen LogP contribution in [0.5, 0.6) is 0 Å². The number of nitrogens with zero attached hydrogens (tertiary/aromatic N) is 2. The third kappa shape index (κ3) is 3.90. The molecule has 0 aliphatic heterocycles. The van der Waals surface area contributed by atoms with Gasteiger partial charge in [-0.15, -0.1) is 23.4 Å². The van der Waals surface area contributed by atoms with Gasteiger partial charge in [0, 0.05) is 17.2 Å². The first-order chi connectivity index (χ1) is 8.79. The first kappa shape index (κ1) is 13.7. The van der Waals surface area contributed by atoms with Crippen LogP contribution in [-0.2, 0) is 12.2 Å². The van der Waals surface area contributed by atoms with E-state index in [2.05, 4.69) is 10.1 Å². The predicted molar refractivity (Wildman–Crippen MR) is 74.4 cm³/mol. The van der Waals surface area contributed by atoms with Crippen molar-refractivity contribution in [2.75, 3.05) is 5.88 Å². The zero-order chi connectivity index (χ0) is 12.8. The lowest BCUT2D eigenvalue weighted by molar-refractivity contribution is 0.373. The van der Waals surface area contributed by atoms with Crippen LogP contribution in [0.2, 0.25) is 5.02 Å². The van der Waals surface area contributed by atoms with E-state index in [0.717, 1.165) is 22.8 Å². The summed E-state index contributed by atoms with van der Waals surface area (Å²) in [6, 6.07) is 7.70.